The minimum atomic E-state index is -0.733. The van der Waals surface area contributed by atoms with Gasteiger partial charge in [-0.3, -0.25) is 10.1 Å². The minimum Gasteiger partial charge on any atom is -0.497 e. The SMILES string of the molecule is COc1cccc(C2=N/C(=C\c3cc(Br)cc(Br)c3OC(=O)/C=C/c3cccc([N+](=O)[O-])c3)C(=O)O2)c1. The Balaban J connectivity index is 1.61. The molecule has 9 nitrogen and oxygen atoms in total. The number of nitro benzene ring substituents is 1. The lowest BCUT2D eigenvalue weighted by molar-refractivity contribution is -0.384. The maximum atomic E-state index is 12.6. The number of rotatable bonds is 7. The van der Waals surface area contributed by atoms with Crippen molar-refractivity contribution < 1.29 is 28.7 Å². The predicted octanol–water partition coefficient (Wildman–Crippen LogP) is 6.09. The van der Waals surface area contributed by atoms with Crippen LogP contribution in [0, 0.1) is 10.1 Å². The van der Waals surface area contributed by atoms with Gasteiger partial charge in [0, 0.05) is 33.8 Å². The number of cyclic esters (lactones) is 1. The average Bonchev–Trinajstić information content (AvgIpc) is 3.25. The molecule has 0 saturated heterocycles. The van der Waals surface area contributed by atoms with Gasteiger partial charge < -0.3 is 14.2 Å². The van der Waals surface area contributed by atoms with Gasteiger partial charge in [0.25, 0.3) is 5.69 Å². The fourth-order valence-corrected chi connectivity index (χ4v) is 4.61. The van der Waals surface area contributed by atoms with Gasteiger partial charge in [-0.05, 0) is 64.0 Å². The highest BCUT2D eigenvalue weighted by atomic mass is 79.9. The zero-order chi connectivity index (χ0) is 26.5. The monoisotopic (exact) mass is 626 g/mol. The van der Waals surface area contributed by atoms with Crippen LogP contribution in [0.2, 0.25) is 0 Å². The first kappa shape index (κ1) is 26.0. The van der Waals surface area contributed by atoms with E-state index in [1.807, 2.05) is 0 Å². The largest absolute Gasteiger partial charge is 0.497 e. The molecule has 4 rings (SSSR count). The van der Waals surface area contributed by atoms with Gasteiger partial charge in [-0.1, -0.05) is 34.1 Å². The van der Waals surface area contributed by atoms with Gasteiger partial charge in [0.2, 0.25) is 5.90 Å². The Morgan fingerprint density at radius 2 is 1.89 bits per heavy atom. The van der Waals surface area contributed by atoms with Crippen molar-refractivity contribution >= 4 is 67.5 Å². The van der Waals surface area contributed by atoms with Crippen molar-refractivity contribution in [1.29, 1.82) is 0 Å². The molecule has 1 aliphatic heterocycles. The maximum Gasteiger partial charge on any atom is 0.363 e. The quantitative estimate of drug-likeness (QED) is 0.102. The van der Waals surface area contributed by atoms with Gasteiger partial charge in [-0.2, -0.15) is 0 Å². The molecule has 11 heteroatoms. The minimum absolute atomic E-state index is 0.00672. The Bertz CT molecular complexity index is 1510. The van der Waals surface area contributed by atoms with E-state index in [0.717, 1.165) is 6.08 Å². The van der Waals surface area contributed by atoms with Crippen molar-refractivity contribution in [1.82, 2.24) is 0 Å². The molecule has 0 aromatic heterocycles. The highest BCUT2D eigenvalue weighted by Crippen LogP contribution is 2.35. The van der Waals surface area contributed by atoms with E-state index in [-0.39, 0.29) is 23.0 Å². The number of carbonyl (C=O) groups is 2. The summed E-state index contributed by atoms with van der Waals surface area (Å²) in [5, 5.41) is 11.0. The molecule has 3 aromatic rings. The van der Waals surface area contributed by atoms with Crippen molar-refractivity contribution in [2.75, 3.05) is 7.11 Å². The number of hydrogen-bond acceptors (Lipinski definition) is 8. The number of halogens is 2. The number of carbonyl (C=O) groups excluding carboxylic acids is 2. The molecule has 0 bridgehead atoms. The lowest BCUT2D eigenvalue weighted by atomic mass is 10.1. The highest BCUT2D eigenvalue weighted by molar-refractivity contribution is 9.11. The van der Waals surface area contributed by atoms with Crippen LogP contribution in [-0.4, -0.2) is 29.9 Å². The number of aliphatic imine (C=N–C) groups is 1. The average molecular weight is 628 g/mol. The summed E-state index contributed by atoms with van der Waals surface area (Å²) in [5.74, 6) is -0.567. The lowest BCUT2D eigenvalue weighted by Crippen LogP contribution is -2.07. The zero-order valence-electron chi connectivity index (χ0n) is 19.0. The molecule has 0 unspecified atom stereocenters. The highest BCUT2D eigenvalue weighted by Gasteiger charge is 2.25. The van der Waals surface area contributed by atoms with Crippen LogP contribution in [0.4, 0.5) is 5.69 Å². The number of non-ortho nitro benzene ring substituents is 1. The van der Waals surface area contributed by atoms with Crippen molar-refractivity contribution in [3.8, 4) is 11.5 Å². The first-order valence-corrected chi connectivity index (χ1v) is 12.1. The molecular formula is C26H16Br2N2O7. The molecule has 0 N–H and O–H groups in total. The molecule has 0 amide bonds. The van der Waals surface area contributed by atoms with E-state index in [4.69, 9.17) is 14.2 Å². The molecule has 1 heterocycles. The number of hydrogen-bond donors (Lipinski definition) is 0. The Labute approximate surface area is 227 Å². The molecule has 1 aliphatic rings. The summed E-state index contributed by atoms with van der Waals surface area (Å²) < 4.78 is 17.1. The smallest absolute Gasteiger partial charge is 0.363 e. The lowest BCUT2D eigenvalue weighted by Gasteiger charge is -2.09. The molecule has 0 radical (unpaired) electrons. The Morgan fingerprint density at radius 1 is 1.11 bits per heavy atom. The van der Waals surface area contributed by atoms with E-state index in [2.05, 4.69) is 36.9 Å². The second-order valence-electron chi connectivity index (χ2n) is 7.48. The van der Waals surface area contributed by atoms with Crippen LogP contribution in [0.15, 0.2) is 86.4 Å². The van der Waals surface area contributed by atoms with Crippen LogP contribution in [0.5, 0.6) is 11.5 Å². The summed E-state index contributed by atoms with van der Waals surface area (Å²) in [5.41, 5.74) is 1.30. The molecule has 0 spiro atoms. The van der Waals surface area contributed by atoms with Crippen LogP contribution < -0.4 is 9.47 Å². The Morgan fingerprint density at radius 3 is 2.65 bits per heavy atom. The molecule has 186 valence electrons. The molecular weight excluding hydrogens is 612 g/mol. The molecule has 37 heavy (non-hydrogen) atoms. The maximum absolute atomic E-state index is 12.6. The summed E-state index contributed by atoms with van der Waals surface area (Å²) in [7, 11) is 1.53. The molecule has 0 atom stereocenters. The van der Waals surface area contributed by atoms with E-state index < -0.39 is 16.9 Å². The summed E-state index contributed by atoms with van der Waals surface area (Å²) in [6, 6.07) is 16.1. The number of ether oxygens (including phenoxy) is 3. The van der Waals surface area contributed by atoms with Crippen LogP contribution in [0.3, 0.4) is 0 Å². The Kier molecular flexibility index (Phi) is 7.95. The summed E-state index contributed by atoms with van der Waals surface area (Å²) in [4.78, 5) is 39.8. The number of esters is 2. The van der Waals surface area contributed by atoms with Crippen molar-refractivity contribution in [2.45, 2.75) is 0 Å². The second kappa shape index (κ2) is 11.3. The first-order chi connectivity index (χ1) is 17.7. The van der Waals surface area contributed by atoms with Crippen LogP contribution >= 0.6 is 31.9 Å². The van der Waals surface area contributed by atoms with Gasteiger partial charge in [0.15, 0.2) is 11.4 Å². The normalized spacial score (nSPS) is 14.0. The van der Waals surface area contributed by atoms with Crippen molar-refractivity contribution in [3.05, 3.63) is 108 Å². The summed E-state index contributed by atoms with van der Waals surface area (Å²) in [6.07, 6.45) is 3.99. The van der Waals surface area contributed by atoms with E-state index in [0.29, 0.717) is 31.4 Å². The van der Waals surface area contributed by atoms with Gasteiger partial charge in [-0.15, -0.1) is 0 Å². The van der Waals surface area contributed by atoms with Crippen molar-refractivity contribution in [3.63, 3.8) is 0 Å². The first-order valence-electron chi connectivity index (χ1n) is 10.5. The molecule has 3 aromatic carbocycles. The number of nitrogens with zero attached hydrogens (tertiary/aromatic N) is 2. The summed E-state index contributed by atoms with van der Waals surface area (Å²) >= 11 is 6.76. The third-order valence-corrected chi connectivity index (χ3v) is 6.01. The van der Waals surface area contributed by atoms with Gasteiger partial charge in [-0.25, -0.2) is 14.6 Å². The Hall–Kier alpha value is -4.09. The standard InChI is InChI=1S/C26H16Br2N2O7/c1-35-20-7-3-5-16(12-20)25-29-22(26(32)37-25)13-17-11-18(27)14-21(28)24(17)36-23(31)9-8-15-4-2-6-19(10-15)30(33)34/h2-14H,1H3/b9-8+,22-13-. The van der Waals surface area contributed by atoms with Crippen LogP contribution in [-0.2, 0) is 14.3 Å². The van der Waals surface area contributed by atoms with E-state index >= 15 is 0 Å². The van der Waals surface area contributed by atoms with Gasteiger partial charge >= 0.3 is 11.9 Å². The third-order valence-electron chi connectivity index (χ3n) is 4.96. The molecule has 0 aliphatic carbocycles. The summed E-state index contributed by atoms with van der Waals surface area (Å²) in [6.45, 7) is 0. The predicted molar refractivity (Wildman–Crippen MR) is 143 cm³/mol. The number of benzene rings is 3. The zero-order valence-corrected chi connectivity index (χ0v) is 22.2. The fraction of sp³-hybridized carbons (Fsp3) is 0.0385. The van der Waals surface area contributed by atoms with Gasteiger partial charge in [0.1, 0.15) is 5.75 Å². The van der Waals surface area contributed by atoms with Gasteiger partial charge in [0.05, 0.1) is 16.5 Å². The molecule has 0 saturated carbocycles. The van der Waals surface area contributed by atoms with Crippen LogP contribution in [0.25, 0.3) is 12.2 Å². The third kappa shape index (κ3) is 6.38. The second-order valence-corrected chi connectivity index (χ2v) is 9.25. The number of nitro groups is 1. The van der Waals surface area contributed by atoms with E-state index in [9.17, 15) is 19.7 Å². The van der Waals surface area contributed by atoms with E-state index in [1.165, 1.54) is 37.5 Å². The van der Waals surface area contributed by atoms with E-state index in [1.54, 1.807) is 42.5 Å². The van der Waals surface area contributed by atoms with Crippen LogP contribution in [0.1, 0.15) is 16.7 Å². The topological polar surface area (TPSA) is 117 Å². The van der Waals surface area contributed by atoms with Crippen molar-refractivity contribution in [2.24, 2.45) is 4.99 Å². The molecule has 0 fully saturated rings. The fourth-order valence-electron chi connectivity index (χ4n) is 3.27. The number of methoxy groups -OCH3 is 1.